The number of esters is 2. The van der Waals surface area contributed by atoms with Crippen LogP contribution >= 0.6 is 0 Å². The molecule has 0 aliphatic heterocycles. The first kappa shape index (κ1) is 20.3. The molecule has 0 radical (unpaired) electrons. The van der Waals surface area contributed by atoms with Gasteiger partial charge in [-0.3, -0.25) is 9.11 Å². The molecule has 0 saturated carbocycles. The zero-order chi connectivity index (χ0) is 20.6. The van der Waals surface area contributed by atoms with Crippen molar-refractivity contribution in [3.05, 3.63) is 47.5 Å². The second-order valence-electron chi connectivity index (χ2n) is 4.99. The number of hydrogen-bond acceptors (Lipinski definition) is 9. The molecule has 13 heteroatoms. The van der Waals surface area contributed by atoms with Crippen molar-refractivity contribution in [2.45, 2.75) is 9.79 Å². The summed E-state index contributed by atoms with van der Waals surface area (Å²) < 4.78 is 66.6. The predicted octanol–water partition coefficient (Wildman–Crippen LogP) is 0.588. The lowest BCUT2D eigenvalue weighted by molar-refractivity contribution is 0.0394. The predicted molar refractivity (Wildman–Crippen MR) is 85.6 cm³/mol. The fourth-order valence-electron chi connectivity index (χ4n) is 1.87. The average molecular weight is 418 g/mol. The molecule has 2 aromatic rings. The van der Waals surface area contributed by atoms with E-state index in [0.29, 0.717) is 12.1 Å². The first-order chi connectivity index (χ1) is 12.3. The van der Waals surface area contributed by atoms with Gasteiger partial charge in [0.2, 0.25) is 0 Å². The highest BCUT2D eigenvalue weighted by Gasteiger charge is 2.24. The zero-order valence-electron chi connectivity index (χ0n) is 12.9. The standard InChI is InChI=1S/C14H10O11S2/c15-11-3-1-7(26(19,20)21)5-9(11)13(17)25-14(18)10-6-8(27(22,23)24)2-4-12(10)16/h1-6,15-16H,(H,19,20,21)(H,22,23,24). The van der Waals surface area contributed by atoms with E-state index < -0.39 is 64.6 Å². The van der Waals surface area contributed by atoms with E-state index in [2.05, 4.69) is 4.74 Å². The van der Waals surface area contributed by atoms with Gasteiger partial charge >= 0.3 is 11.9 Å². The van der Waals surface area contributed by atoms with Crippen LogP contribution in [0.3, 0.4) is 0 Å². The van der Waals surface area contributed by atoms with E-state index >= 15 is 0 Å². The Morgan fingerprint density at radius 3 is 1.33 bits per heavy atom. The van der Waals surface area contributed by atoms with Gasteiger partial charge in [0.15, 0.2) is 0 Å². The number of carbonyl (C=O) groups excluding carboxylic acids is 2. The minimum absolute atomic E-state index is 0.536. The molecule has 0 aliphatic rings. The molecule has 0 atom stereocenters. The lowest BCUT2D eigenvalue weighted by atomic mass is 10.2. The summed E-state index contributed by atoms with van der Waals surface area (Å²) in [6, 6.07) is 4.14. The first-order valence-electron chi connectivity index (χ1n) is 6.68. The molecule has 144 valence electrons. The van der Waals surface area contributed by atoms with E-state index in [9.17, 15) is 36.6 Å². The van der Waals surface area contributed by atoms with Crippen molar-refractivity contribution in [3.63, 3.8) is 0 Å². The number of phenolic OH excluding ortho intramolecular Hbond substituents is 2. The maximum atomic E-state index is 12.0. The molecule has 0 bridgehead atoms. The Bertz CT molecular complexity index is 1060. The number of carbonyl (C=O) groups is 2. The summed E-state index contributed by atoms with van der Waals surface area (Å²) in [5.74, 6) is -4.67. The van der Waals surface area contributed by atoms with Gasteiger partial charge in [0, 0.05) is 0 Å². The Morgan fingerprint density at radius 1 is 0.704 bits per heavy atom. The molecule has 11 nitrogen and oxygen atoms in total. The highest BCUT2D eigenvalue weighted by molar-refractivity contribution is 7.86. The van der Waals surface area contributed by atoms with Gasteiger partial charge in [0.25, 0.3) is 20.2 Å². The molecule has 0 fully saturated rings. The topological polar surface area (TPSA) is 193 Å². The molecule has 2 aromatic carbocycles. The van der Waals surface area contributed by atoms with Crippen molar-refractivity contribution in [3.8, 4) is 11.5 Å². The summed E-state index contributed by atoms with van der Waals surface area (Å²) in [5.41, 5.74) is -1.60. The number of benzene rings is 2. The smallest absolute Gasteiger partial charge is 0.349 e. The molecule has 0 heterocycles. The van der Waals surface area contributed by atoms with Gasteiger partial charge in [0.1, 0.15) is 22.6 Å². The van der Waals surface area contributed by atoms with Gasteiger partial charge < -0.3 is 14.9 Å². The second kappa shape index (κ2) is 6.96. The molecule has 0 saturated heterocycles. The Kier molecular flexibility index (Phi) is 5.23. The SMILES string of the molecule is O=C(OC(=O)c1cc(S(=O)(=O)O)ccc1O)c1cc(S(=O)(=O)O)ccc1O. The van der Waals surface area contributed by atoms with Crippen LogP contribution in [-0.2, 0) is 25.0 Å². The summed E-state index contributed by atoms with van der Waals surface area (Å²) in [6.45, 7) is 0. The van der Waals surface area contributed by atoms with Gasteiger partial charge in [-0.2, -0.15) is 16.8 Å². The lowest BCUT2D eigenvalue weighted by Gasteiger charge is -2.08. The highest BCUT2D eigenvalue weighted by atomic mass is 32.2. The van der Waals surface area contributed by atoms with Crippen LogP contribution in [-0.4, -0.2) is 48.1 Å². The Morgan fingerprint density at radius 2 is 1.04 bits per heavy atom. The Balaban J connectivity index is 2.39. The van der Waals surface area contributed by atoms with Gasteiger partial charge in [-0.25, -0.2) is 9.59 Å². The molecule has 0 aliphatic carbocycles. The Hall–Kier alpha value is -3.00. The quantitative estimate of drug-likeness (QED) is 0.308. The van der Waals surface area contributed by atoms with E-state index in [0.717, 1.165) is 24.3 Å². The molecule has 4 N–H and O–H groups in total. The molecule has 0 unspecified atom stereocenters. The van der Waals surface area contributed by atoms with Crippen LogP contribution in [0.1, 0.15) is 20.7 Å². The summed E-state index contributed by atoms with van der Waals surface area (Å²) >= 11 is 0. The maximum absolute atomic E-state index is 12.0. The van der Waals surface area contributed by atoms with Crippen LogP contribution < -0.4 is 0 Å². The van der Waals surface area contributed by atoms with Crippen LogP contribution in [0.2, 0.25) is 0 Å². The number of hydrogen-bond donors (Lipinski definition) is 4. The third-order valence-electron chi connectivity index (χ3n) is 3.16. The van der Waals surface area contributed by atoms with Gasteiger partial charge in [-0.05, 0) is 36.4 Å². The molecule has 0 amide bonds. The van der Waals surface area contributed by atoms with E-state index in [4.69, 9.17) is 9.11 Å². The zero-order valence-corrected chi connectivity index (χ0v) is 14.6. The molecule has 0 spiro atoms. The van der Waals surface area contributed by atoms with Crippen molar-refractivity contribution < 1.29 is 50.5 Å². The fourth-order valence-corrected chi connectivity index (χ4v) is 2.89. The van der Waals surface area contributed by atoms with Gasteiger partial charge in [-0.15, -0.1) is 0 Å². The second-order valence-corrected chi connectivity index (χ2v) is 7.83. The summed E-state index contributed by atoms with van der Waals surface area (Å²) in [7, 11) is -9.45. The van der Waals surface area contributed by atoms with Crippen molar-refractivity contribution >= 4 is 32.2 Å². The van der Waals surface area contributed by atoms with Crippen LogP contribution in [0, 0.1) is 0 Å². The fraction of sp³-hybridized carbons (Fsp3) is 0. The van der Waals surface area contributed by atoms with Crippen LogP contribution in [0.5, 0.6) is 11.5 Å². The van der Waals surface area contributed by atoms with Crippen LogP contribution in [0.15, 0.2) is 46.2 Å². The first-order valence-corrected chi connectivity index (χ1v) is 9.56. The normalized spacial score (nSPS) is 11.8. The van der Waals surface area contributed by atoms with E-state index in [1.165, 1.54) is 0 Å². The third kappa shape index (κ3) is 4.59. The molecule has 0 aromatic heterocycles. The number of rotatable bonds is 4. The van der Waals surface area contributed by atoms with Crippen molar-refractivity contribution in [2.75, 3.05) is 0 Å². The number of aromatic hydroxyl groups is 2. The lowest BCUT2D eigenvalue weighted by Crippen LogP contribution is -2.14. The van der Waals surface area contributed by atoms with Gasteiger partial charge in [0.05, 0.1) is 9.79 Å². The minimum Gasteiger partial charge on any atom is -0.507 e. The average Bonchev–Trinajstić information content (AvgIpc) is 2.53. The van der Waals surface area contributed by atoms with Gasteiger partial charge in [-0.1, -0.05) is 0 Å². The summed E-state index contributed by atoms with van der Waals surface area (Å²) in [4.78, 5) is 22.5. The maximum Gasteiger partial charge on any atom is 0.349 e. The van der Waals surface area contributed by atoms with Crippen LogP contribution in [0.25, 0.3) is 0 Å². The van der Waals surface area contributed by atoms with Crippen molar-refractivity contribution in [1.29, 1.82) is 0 Å². The summed E-state index contributed by atoms with van der Waals surface area (Å²) in [5, 5.41) is 19.2. The Labute approximate surface area is 152 Å². The number of ether oxygens (including phenoxy) is 1. The number of phenols is 2. The molecular formula is C14H10O11S2. The van der Waals surface area contributed by atoms with Crippen molar-refractivity contribution in [1.82, 2.24) is 0 Å². The third-order valence-corrected chi connectivity index (χ3v) is 4.86. The monoisotopic (exact) mass is 418 g/mol. The molecule has 27 heavy (non-hydrogen) atoms. The van der Waals surface area contributed by atoms with Crippen molar-refractivity contribution in [2.24, 2.45) is 0 Å². The van der Waals surface area contributed by atoms with E-state index in [-0.39, 0.29) is 0 Å². The van der Waals surface area contributed by atoms with Crippen LogP contribution in [0.4, 0.5) is 0 Å². The summed E-state index contributed by atoms with van der Waals surface area (Å²) in [6.07, 6.45) is 0. The molecular weight excluding hydrogens is 408 g/mol. The van der Waals surface area contributed by atoms with E-state index in [1.54, 1.807) is 0 Å². The highest BCUT2D eigenvalue weighted by Crippen LogP contribution is 2.25. The van der Waals surface area contributed by atoms with E-state index in [1.807, 2.05) is 0 Å². The minimum atomic E-state index is -4.72. The largest absolute Gasteiger partial charge is 0.507 e. The molecule has 2 rings (SSSR count).